The van der Waals surface area contributed by atoms with Gasteiger partial charge in [-0.05, 0) is 56.5 Å². The van der Waals surface area contributed by atoms with Gasteiger partial charge < -0.3 is 9.88 Å². The van der Waals surface area contributed by atoms with Crippen molar-refractivity contribution >= 4 is 27.5 Å². The fourth-order valence-corrected chi connectivity index (χ4v) is 4.58. The summed E-state index contributed by atoms with van der Waals surface area (Å²) in [5, 5.41) is 4.12. The number of thiophene rings is 1. The lowest BCUT2D eigenvalue weighted by molar-refractivity contribution is 0.0957. The molecule has 28 heavy (non-hydrogen) atoms. The number of carbonyl (C=O) groups excluding carboxylic acids is 1. The van der Waals surface area contributed by atoms with Gasteiger partial charge in [-0.15, -0.1) is 11.3 Å². The molecule has 0 saturated heterocycles. The van der Waals surface area contributed by atoms with Crippen molar-refractivity contribution in [2.45, 2.75) is 26.7 Å². The van der Waals surface area contributed by atoms with Crippen LogP contribution in [0.2, 0.25) is 0 Å². The quantitative estimate of drug-likeness (QED) is 0.468. The Morgan fingerprint density at radius 1 is 1.04 bits per heavy atom. The SMILES string of the molecule is Cc1ccc(C)n1-c1c(C(=O)NCCCc2ccccc2)sc2ncccc12. The van der Waals surface area contributed by atoms with Gasteiger partial charge in [0.1, 0.15) is 9.71 Å². The van der Waals surface area contributed by atoms with Crippen molar-refractivity contribution in [2.24, 2.45) is 0 Å². The number of pyridine rings is 1. The van der Waals surface area contributed by atoms with Crippen molar-refractivity contribution in [1.29, 1.82) is 0 Å². The Morgan fingerprint density at radius 3 is 2.54 bits per heavy atom. The number of hydrogen-bond acceptors (Lipinski definition) is 3. The first-order valence-corrected chi connectivity index (χ1v) is 10.3. The Bertz CT molecular complexity index is 1090. The highest BCUT2D eigenvalue weighted by Gasteiger charge is 2.22. The monoisotopic (exact) mass is 389 g/mol. The van der Waals surface area contributed by atoms with Gasteiger partial charge in [0.05, 0.1) is 5.69 Å². The third kappa shape index (κ3) is 3.58. The van der Waals surface area contributed by atoms with Crippen LogP contribution in [0.5, 0.6) is 0 Å². The first-order chi connectivity index (χ1) is 13.6. The van der Waals surface area contributed by atoms with Crippen molar-refractivity contribution in [3.63, 3.8) is 0 Å². The molecule has 0 aliphatic rings. The fourth-order valence-electron chi connectivity index (χ4n) is 3.54. The van der Waals surface area contributed by atoms with Crippen LogP contribution in [0.25, 0.3) is 15.9 Å². The molecule has 4 rings (SSSR count). The molecule has 142 valence electrons. The smallest absolute Gasteiger partial charge is 0.263 e. The van der Waals surface area contributed by atoms with E-state index >= 15 is 0 Å². The predicted octanol–water partition coefficient (Wildman–Crippen LogP) is 5.07. The van der Waals surface area contributed by atoms with E-state index in [4.69, 9.17) is 0 Å². The number of rotatable bonds is 6. The highest BCUT2D eigenvalue weighted by Crippen LogP contribution is 2.34. The van der Waals surface area contributed by atoms with Gasteiger partial charge in [0.2, 0.25) is 0 Å². The summed E-state index contributed by atoms with van der Waals surface area (Å²) in [6, 6.07) is 18.5. The predicted molar refractivity (Wildman–Crippen MR) is 116 cm³/mol. The zero-order chi connectivity index (χ0) is 19.5. The molecule has 1 amide bonds. The second-order valence-electron chi connectivity index (χ2n) is 6.93. The molecule has 3 aromatic heterocycles. The van der Waals surface area contributed by atoms with Crippen molar-refractivity contribution < 1.29 is 4.79 Å². The Morgan fingerprint density at radius 2 is 1.79 bits per heavy atom. The van der Waals surface area contributed by atoms with Gasteiger partial charge in [-0.3, -0.25) is 4.79 Å². The van der Waals surface area contributed by atoms with Crippen LogP contribution >= 0.6 is 11.3 Å². The molecule has 0 saturated carbocycles. The number of benzene rings is 1. The maximum Gasteiger partial charge on any atom is 0.263 e. The van der Waals surface area contributed by atoms with Gasteiger partial charge >= 0.3 is 0 Å². The first-order valence-electron chi connectivity index (χ1n) is 9.50. The minimum absolute atomic E-state index is 0.0291. The van der Waals surface area contributed by atoms with Gasteiger partial charge in [-0.2, -0.15) is 0 Å². The number of nitrogens with one attached hydrogen (secondary N) is 1. The van der Waals surface area contributed by atoms with E-state index < -0.39 is 0 Å². The molecule has 1 N–H and O–H groups in total. The molecule has 0 aliphatic heterocycles. The van der Waals surface area contributed by atoms with Crippen LogP contribution in [0.15, 0.2) is 60.8 Å². The van der Waals surface area contributed by atoms with Crippen LogP contribution in [-0.4, -0.2) is 22.0 Å². The molecule has 4 aromatic rings. The topological polar surface area (TPSA) is 46.9 Å². The summed E-state index contributed by atoms with van der Waals surface area (Å²) in [6.07, 6.45) is 3.65. The van der Waals surface area contributed by atoms with E-state index in [2.05, 4.69) is 53.0 Å². The molecule has 0 aliphatic carbocycles. The zero-order valence-electron chi connectivity index (χ0n) is 16.1. The van der Waals surface area contributed by atoms with Gasteiger partial charge in [0.15, 0.2) is 0 Å². The van der Waals surface area contributed by atoms with Crippen LogP contribution < -0.4 is 5.32 Å². The molecule has 3 heterocycles. The molecule has 0 atom stereocenters. The maximum absolute atomic E-state index is 13.0. The molecule has 0 radical (unpaired) electrons. The number of fused-ring (bicyclic) bond motifs is 1. The lowest BCUT2D eigenvalue weighted by atomic mass is 10.1. The number of amides is 1. The van der Waals surface area contributed by atoms with Crippen LogP contribution in [0.4, 0.5) is 0 Å². The second kappa shape index (κ2) is 7.98. The van der Waals surface area contributed by atoms with Crippen LogP contribution in [0.1, 0.15) is 33.0 Å². The molecule has 0 bridgehead atoms. The lowest BCUT2D eigenvalue weighted by Gasteiger charge is -2.12. The summed E-state index contributed by atoms with van der Waals surface area (Å²) in [4.78, 5) is 19.1. The van der Waals surface area contributed by atoms with E-state index in [1.54, 1.807) is 6.20 Å². The summed E-state index contributed by atoms with van der Waals surface area (Å²) >= 11 is 1.46. The molecule has 0 unspecified atom stereocenters. The first kappa shape index (κ1) is 18.4. The van der Waals surface area contributed by atoms with E-state index in [-0.39, 0.29) is 5.91 Å². The maximum atomic E-state index is 13.0. The van der Waals surface area contributed by atoms with Gasteiger partial charge in [0, 0.05) is 29.5 Å². The van der Waals surface area contributed by atoms with E-state index in [9.17, 15) is 4.79 Å². The normalized spacial score (nSPS) is 11.1. The lowest BCUT2D eigenvalue weighted by Crippen LogP contribution is -2.25. The van der Waals surface area contributed by atoms with Crippen LogP contribution in [-0.2, 0) is 6.42 Å². The minimum atomic E-state index is -0.0291. The van der Waals surface area contributed by atoms with E-state index in [1.807, 2.05) is 30.3 Å². The van der Waals surface area contributed by atoms with E-state index in [1.165, 1.54) is 16.9 Å². The highest BCUT2D eigenvalue weighted by atomic mass is 32.1. The van der Waals surface area contributed by atoms with E-state index in [0.29, 0.717) is 6.54 Å². The molecule has 4 nitrogen and oxygen atoms in total. The van der Waals surface area contributed by atoms with E-state index in [0.717, 1.165) is 45.0 Å². The number of aromatic nitrogens is 2. The molecule has 1 aromatic carbocycles. The summed E-state index contributed by atoms with van der Waals surface area (Å²) in [7, 11) is 0. The summed E-state index contributed by atoms with van der Waals surface area (Å²) in [5.74, 6) is -0.0291. The molecule has 5 heteroatoms. The molecule has 0 spiro atoms. The molecule has 0 fully saturated rings. The number of nitrogens with zero attached hydrogens (tertiary/aromatic N) is 2. The van der Waals surface area contributed by atoms with Crippen LogP contribution in [0.3, 0.4) is 0 Å². The average molecular weight is 390 g/mol. The standard InChI is InChI=1S/C23H23N3OS/c1-16-12-13-17(2)26(16)20-19-11-7-15-25-23(19)28-21(20)22(27)24-14-6-10-18-8-4-3-5-9-18/h3-5,7-9,11-13,15H,6,10,14H2,1-2H3,(H,24,27). The van der Waals surface area contributed by atoms with Crippen LogP contribution in [0, 0.1) is 13.8 Å². The largest absolute Gasteiger partial charge is 0.351 e. The summed E-state index contributed by atoms with van der Waals surface area (Å²) in [5.41, 5.74) is 4.45. The Hall–Kier alpha value is -2.92. The van der Waals surface area contributed by atoms with Crippen molar-refractivity contribution in [2.75, 3.05) is 6.54 Å². The van der Waals surface area contributed by atoms with Gasteiger partial charge in [-0.25, -0.2) is 4.98 Å². The number of aryl methyl sites for hydroxylation is 3. The highest BCUT2D eigenvalue weighted by molar-refractivity contribution is 7.21. The Labute approximate surface area is 168 Å². The molecular weight excluding hydrogens is 366 g/mol. The molecular formula is C23H23N3OS. The Balaban J connectivity index is 1.58. The van der Waals surface area contributed by atoms with Crippen molar-refractivity contribution in [3.05, 3.63) is 82.6 Å². The fraction of sp³-hybridized carbons (Fsp3) is 0.217. The Kier molecular flexibility index (Phi) is 5.26. The summed E-state index contributed by atoms with van der Waals surface area (Å²) in [6.45, 7) is 4.78. The number of carbonyl (C=O) groups is 1. The van der Waals surface area contributed by atoms with Gasteiger partial charge in [0.25, 0.3) is 5.91 Å². The zero-order valence-corrected chi connectivity index (χ0v) is 16.9. The average Bonchev–Trinajstić information content (AvgIpc) is 3.25. The number of hydrogen-bond donors (Lipinski definition) is 1. The minimum Gasteiger partial charge on any atom is -0.351 e. The second-order valence-corrected chi connectivity index (χ2v) is 7.93. The van der Waals surface area contributed by atoms with Crippen molar-refractivity contribution in [1.82, 2.24) is 14.9 Å². The van der Waals surface area contributed by atoms with Crippen molar-refractivity contribution in [3.8, 4) is 5.69 Å². The summed E-state index contributed by atoms with van der Waals surface area (Å²) < 4.78 is 2.15. The third-order valence-corrected chi connectivity index (χ3v) is 6.01. The third-order valence-electron chi connectivity index (χ3n) is 4.91. The van der Waals surface area contributed by atoms with Gasteiger partial charge in [-0.1, -0.05) is 30.3 Å².